The van der Waals surface area contributed by atoms with Crippen LogP contribution in [0.2, 0.25) is 0 Å². The maximum Gasteiger partial charge on any atom is 0.308 e. The molecule has 1 heterocycles. The largest absolute Gasteiger partial charge is 0.466 e. The maximum absolute atomic E-state index is 11.5. The number of aliphatic hydroxyl groups excluding tert-OH is 1. The zero-order valence-corrected chi connectivity index (χ0v) is 11.7. The van der Waals surface area contributed by atoms with Crippen molar-refractivity contribution in [1.29, 1.82) is 0 Å². The van der Waals surface area contributed by atoms with E-state index in [2.05, 4.69) is 0 Å². The standard InChI is InChI=1S/C17H16O4/c1-2-20-17(19)10-14(18)11-7-8-16-13(9-11)12-5-3-4-6-15(12)21-16/h3-9,14,18H,2,10H2,1H3. The van der Waals surface area contributed by atoms with Gasteiger partial charge < -0.3 is 14.3 Å². The molecule has 3 rings (SSSR count). The number of carbonyl (C=O) groups is 1. The highest BCUT2D eigenvalue weighted by atomic mass is 16.5. The molecule has 0 aliphatic rings. The fraction of sp³-hybridized carbons (Fsp3) is 0.235. The predicted octanol–water partition coefficient (Wildman–Crippen LogP) is 3.57. The van der Waals surface area contributed by atoms with Crippen LogP contribution in [0.4, 0.5) is 0 Å². The average Bonchev–Trinajstić information content (AvgIpc) is 2.85. The summed E-state index contributed by atoms with van der Waals surface area (Å²) in [5.74, 6) is -0.401. The van der Waals surface area contributed by atoms with Gasteiger partial charge in [-0.3, -0.25) is 4.79 Å². The summed E-state index contributed by atoms with van der Waals surface area (Å²) in [4.78, 5) is 11.5. The molecule has 21 heavy (non-hydrogen) atoms. The van der Waals surface area contributed by atoms with Crippen LogP contribution < -0.4 is 0 Å². The molecule has 0 bridgehead atoms. The maximum atomic E-state index is 11.5. The molecule has 0 saturated carbocycles. The van der Waals surface area contributed by atoms with Crippen LogP contribution in [0.1, 0.15) is 25.0 Å². The smallest absolute Gasteiger partial charge is 0.308 e. The van der Waals surface area contributed by atoms with E-state index < -0.39 is 12.1 Å². The van der Waals surface area contributed by atoms with Crippen LogP contribution in [0.3, 0.4) is 0 Å². The van der Waals surface area contributed by atoms with Crippen molar-refractivity contribution in [3.63, 3.8) is 0 Å². The highest BCUT2D eigenvalue weighted by Crippen LogP contribution is 2.31. The summed E-state index contributed by atoms with van der Waals surface area (Å²) in [5, 5.41) is 12.1. The number of hydrogen-bond donors (Lipinski definition) is 1. The molecule has 4 nitrogen and oxygen atoms in total. The Morgan fingerprint density at radius 1 is 1.19 bits per heavy atom. The van der Waals surface area contributed by atoms with E-state index in [1.165, 1.54) is 0 Å². The van der Waals surface area contributed by atoms with Gasteiger partial charge in [0.05, 0.1) is 19.1 Å². The molecule has 0 aliphatic heterocycles. The molecule has 0 saturated heterocycles. The Labute approximate surface area is 121 Å². The van der Waals surface area contributed by atoms with Crippen molar-refractivity contribution in [2.24, 2.45) is 0 Å². The van der Waals surface area contributed by atoms with Gasteiger partial charge in [0.1, 0.15) is 11.2 Å². The molecule has 3 aromatic rings. The molecule has 0 spiro atoms. The lowest BCUT2D eigenvalue weighted by molar-refractivity contribution is -0.145. The second-order valence-electron chi connectivity index (χ2n) is 4.88. The van der Waals surface area contributed by atoms with Crippen molar-refractivity contribution in [1.82, 2.24) is 0 Å². The molecule has 4 heteroatoms. The molecule has 1 aromatic heterocycles. The fourth-order valence-corrected chi connectivity index (χ4v) is 2.45. The van der Waals surface area contributed by atoms with E-state index in [0.29, 0.717) is 12.2 Å². The van der Waals surface area contributed by atoms with E-state index in [0.717, 1.165) is 21.9 Å². The number of rotatable bonds is 4. The summed E-state index contributed by atoms with van der Waals surface area (Å²) < 4.78 is 10.6. The number of esters is 1. The Morgan fingerprint density at radius 3 is 2.76 bits per heavy atom. The van der Waals surface area contributed by atoms with E-state index in [1.54, 1.807) is 13.0 Å². The van der Waals surface area contributed by atoms with Gasteiger partial charge in [-0.1, -0.05) is 24.3 Å². The van der Waals surface area contributed by atoms with Crippen LogP contribution in [0, 0.1) is 0 Å². The third-order valence-electron chi connectivity index (χ3n) is 3.45. The molecule has 1 atom stereocenters. The van der Waals surface area contributed by atoms with E-state index in [-0.39, 0.29) is 6.42 Å². The van der Waals surface area contributed by atoms with Crippen molar-refractivity contribution < 1.29 is 19.1 Å². The zero-order chi connectivity index (χ0) is 14.8. The molecule has 2 aromatic carbocycles. The van der Waals surface area contributed by atoms with Gasteiger partial charge in [-0.05, 0) is 30.7 Å². The van der Waals surface area contributed by atoms with Crippen molar-refractivity contribution in [2.75, 3.05) is 6.61 Å². The summed E-state index contributed by atoms with van der Waals surface area (Å²) in [5.41, 5.74) is 2.26. The molecule has 0 aliphatic carbocycles. The first kappa shape index (κ1) is 13.6. The second-order valence-corrected chi connectivity index (χ2v) is 4.88. The first-order chi connectivity index (χ1) is 10.2. The third kappa shape index (κ3) is 2.62. The molecular formula is C17H16O4. The summed E-state index contributed by atoms with van der Waals surface area (Å²) in [7, 11) is 0. The molecule has 1 N–H and O–H groups in total. The Bertz CT molecular complexity index is 788. The van der Waals surface area contributed by atoms with Gasteiger partial charge in [-0.15, -0.1) is 0 Å². The van der Waals surface area contributed by atoms with E-state index in [4.69, 9.17) is 9.15 Å². The van der Waals surface area contributed by atoms with Crippen molar-refractivity contribution in [3.05, 3.63) is 48.0 Å². The highest BCUT2D eigenvalue weighted by molar-refractivity contribution is 6.05. The Hall–Kier alpha value is -2.33. The molecular weight excluding hydrogens is 268 g/mol. The normalized spacial score (nSPS) is 12.7. The van der Waals surface area contributed by atoms with Crippen LogP contribution in [0.25, 0.3) is 21.9 Å². The van der Waals surface area contributed by atoms with Gasteiger partial charge in [0.25, 0.3) is 0 Å². The number of hydrogen-bond acceptors (Lipinski definition) is 4. The van der Waals surface area contributed by atoms with E-state index >= 15 is 0 Å². The van der Waals surface area contributed by atoms with Gasteiger partial charge >= 0.3 is 5.97 Å². The zero-order valence-electron chi connectivity index (χ0n) is 11.7. The topological polar surface area (TPSA) is 59.7 Å². The average molecular weight is 284 g/mol. The van der Waals surface area contributed by atoms with Crippen LogP contribution >= 0.6 is 0 Å². The molecule has 0 fully saturated rings. The van der Waals surface area contributed by atoms with Gasteiger partial charge in [0.2, 0.25) is 0 Å². The van der Waals surface area contributed by atoms with Gasteiger partial charge in [-0.2, -0.15) is 0 Å². The van der Waals surface area contributed by atoms with Crippen molar-refractivity contribution in [2.45, 2.75) is 19.4 Å². The lowest BCUT2D eigenvalue weighted by Gasteiger charge is -2.10. The fourth-order valence-electron chi connectivity index (χ4n) is 2.45. The molecule has 0 amide bonds. The number of aliphatic hydroxyl groups is 1. The number of fused-ring (bicyclic) bond motifs is 3. The minimum Gasteiger partial charge on any atom is -0.466 e. The quantitative estimate of drug-likeness (QED) is 0.744. The molecule has 1 unspecified atom stereocenters. The minimum absolute atomic E-state index is 0.0465. The predicted molar refractivity (Wildman–Crippen MR) is 79.9 cm³/mol. The van der Waals surface area contributed by atoms with Crippen LogP contribution in [0.5, 0.6) is 0 Å². The Morgan fingerprint density at radius 2 is 1.95 bits per heavy atom. The Kier molecular flexibility index (Phi) is 3.62. The minimum atomic E-state index is -0.873. The van der Waals surface area contributed by atoms with E-state index in [9.17, 15) is 9.90 Å². The SMILES string of the molecule is CCOC(=O)CC(O)c1ccc2oc3ccccc3c2c1. The van der Waals surface area contributed by atoms with E-state index in [1.807, 2.05) is 36.4 Å². The lowest BCUT2D eigenvalue weighted by Crippen LogP contribution is -2.09. The lowest BCUT2D eigenvalue weighted by atomic mass is 10.0. The monoisotopic (exact) mass is 284 g/mol. The van der Waals surface area contributed by atoms with Crippen molar-refractivity contribution in [3.8, 4) is 0 Å². The summed E-state index contributed by atoms with van der Waals surface area (Å²) in [6.45, 7) is 2.06. The number of para-hydroxylation sites is 1. The summed E-state index contributed by atoms with van der Waals surface area (Å²) >= 11 is 0. The number of benzene rings is 2. The van der Waals surface area contributed by atoms with Crippen molar-refractivity contribution >= 4 is 27.9 Å². The number of ether oxygens (including phenoxy) is 1. The number of carbonyl (C=O) groups excluding carboxylic acids is 1. The summed E-state index contributed by atoms with van der Waals surface area (Å²) in [6.07, 6.45) is -0.920. The molecule has 108 valence electrons. The van der Waals surface area contributed by atoms with Gasteiger partial charge in [0, 0.05) is 10.8 Å². The van der Waals surface area contributed by atoms with Crippen LogP contribution in [0.15, 0.2) is 46.9 Å². The van der Waals surface area contributed by atoms with Gasteiger partial charge in [0.15, 0.2) is 0 Å². The second kappa shape index (κ2) is 5.58. The summed E-state index contributed by atoms with van der Waals surface area (Å²) in [6, 6.07) is 13.2. The van der Waals surface area contributed by atoms with Crippen LogP contribution in [-0.4, -0.2) is 17.7 Å². The van der Waals surface area contributed by atoms with Gasteiger partial charge in [-0.25, -0.2) is 0 Å². The van der Waals surface area contributed by atoms with Crippen LogP contribution in [-0.2, 0) is 9.53 Å². The third-order valence-corrected chi connectivity index (χ3v) is 3.45. The number of furan rings is 1. The first-order valence-corrected chi connectivity index (χ1v) is 6.94. The first-order valence-electron chi connectivity index (χ1n) is 6.94. The molecule has 0 radical (unpaired) electrons. The Balaban J connectivity index is 1.96. The highest BCUT2D eigenvalue weighted by Gasteiger charge is 2.15.